The molecule has 0 radical (unpaired) electrons. The van der Waals surface area contributed by atoms with Crippen LogP contribution >= 0.6 is 0 Å². The van der Waals surface area contributed by atoms with Crippen LogP contribution in [0.5, 0.6) is 0 Å². The van der Waals surface area contributed by atoms with Gasteiger partial charge in [-0.1, -0.05) is 0 Å². The minimum Gasteiger partial charge on any atom is -0.389 e. The lowest BCUT2D eigenvalue weighted by Crippen LogP contribution is -2.49. The predicted octanol–water partition coefficient (Wildman–Crippen LogP) is 0.205. The molecule has 1 unspecified atom stereocenters. The lowest BCUT2D eigenvalue weighted by atomic mass is 9.95. The van der Waals surface area contributed by atoms with Crippen LogP contribution in [0.3, 0.4) is 0 Å². The lowest BCUT2D eigenvalue weighted by Gasteiger charge is -2.36. The highest BCUT2D eigenvalue weighted by molar-refractivity contribution is 5.78. The summed E-state index contributed by atoms with van der Waals surface area (Å²) in [5, 5.41) is 18.4. The maximum Gasteiger partial charge on any atom is 0.236 e. The third-order valence-electron chi connectivity index (χ3n) is 3.10. The molecule has 0 aliphatic carbocycles. The highest BCUT2D eigenvalue weighted by Gasteiger charge is 2.29. The Kier molecular flexibility index (Phi) is 4.91. The number of amides is 1. The molecule has 0 saturated carbocycles. The van der Waals surface area contributed by atoms with E-state index in [4.69, 9.17) is 5.26 Å². The molecule has 1 saturated heterocycles. The Balaban J connectivity index is 2.38. The van der Waals surface area contributed by atoms with Gasteiger partial charge in [-0.05, 0) is 26.3 Å². The molecule has 5 nitrogen and oxygen atoms in total. The predicted molar refractivity (Wildman–Crippen MR) is 64.2 cm³/mol. The standard InChI is InChI=1S/C12H21N3O2/c1-12(17)5-3-8-15(10-12)9-11(16)14(2)7-4-6-13/h17H,3-5,7-10H2,1-2H3. The van der Waals surface area contributed by atoms with Crippen molar-refractivity contribution in [2.45, 2.75) is 31.8 Å². The van der Waals surface area contributed by atoms with Crippen LogP contribution in [0.1, 0.15) is 26.2 Å². The fraction of sp³-hybridized carbons (Fsp3) is 0.833. The van der Waals surface area contributed by atoms with Crippen LogP contribution in [-0.2, 0) is 4.79 Å². The summed E-state index contributed by atoms with van der Waals surface area (Å²) in [6, 6.07) is 2.02. The molecule has 0 spiro atoms. The molecule has 1 rings (SSSR count). The van der Waals surface area contributed by atoms with Crippen LogP contribution in [0.25, 0.3) is 0 Å². The summed E-state index contributed by atoms with van der Waals surface area (Å²) >= 11 is 0. The van der Waals surface area contributed by atoms with Gasteiger partial charge in [0.25, 0.3) is 0 Å². The second-order valence-corrected chi connectivity index (χ2v) is 5.03. The van der Waals surface area contributed by atoms with Gasteiger partial charge >= 0.3 is 0 Å². The number of β-amino-alcohol motifs (C(OH)–C–C–N with tert-alkyl or cyclic N) is 1. The minimum absolute atomic E-state index is 0.0120. The summed E-state index contributed by atoms with van der Waals surface area (Å²) in [6.45, 7) is 4.01. The SMILES string of the molecule is CN(CCC#N)C(=O)CN1CCCC(C)(O)C1. The molecule has 1 atom stereocenters. The van der Waals surface area contributed by atoms with E-state index in [0.717, 1.165) is 19.4 Å². The van der Waals surface area contributed by atoms with Gasteiger partial charge in [0, 0.05) is 20.1 Å². The zero-order chi connectivity index (χ0) is 12.9. The number of rotatable bonds is 4. The third kappa shape index (κ3) is 4.72. The smallest absolute Gasteiger partial charge is 0.236 e. The van der Waals surface area contributed by atoms with E-state index in [1.54, 1.807) is 11.9 Å². The second-order valence-electron chi connectivity index (χ2n) is 5.03. The van der Waals surface area contributed by atoms with E-state index < -0.39 is 5.60 Å². The van der Waals surface area contributed by atoms with Crippen molar-refractivity contribution in [2.24, 2.45) is 0 Å². The summed E-state index contributed by atoms with van der Waals surface area (Å²) in [4.78, 5) is 15.4. The number of nitrogens with zero attached hydrogens (tertiary/aromatic N) is 3. The highest BCUT2D eigenvalue weighted by Crippen LogP contribution is 2.19. The first-order valence-electron chi connectivity index (χ1n) is 6.00. The fourth-order valence-corrected chi connectivity index (χ4v) is 2.11. The Hall–Kier alpha value is -1.12. The van der Waals surface area contributed by atoms with Crippen LogP contribution in [-0.4, -0.2) is 59.6 Å². The van der Waals surface area contributed by atoms with Gasteiger partial charge in [0.2, 0.25) is 5.91 Å². The quantitative estimate of drug-likeness (QED) is 0.761. The van der Waals surface area contributed by atoms with E-state index in [-0.39, 0.29) is 5.91 Å². The van der Waals surface area contributed by atoms with E-state index in [2.05, 4.69) is 0 Å². The summed E-state index contributed by atoms with van der Waals surface area (Å²) in [5.41, 5.74) is -0.677. The van der Waals surface area contributed by atoms with Gasteiger partial charge in [-0.3, -0.25) is 9.69 Å². The van der Waals surface area contributed by atoms with Crippen molar-refractivity contribution in [3.8, 4) is 6.07 Å². The summed E-state index contributed by atoms with van der Waals surface area (Å²) < 4.78 is 0. The molecule has 0 aromatic rings. The van der Waals surface area contributed by atoms with Crippen molar-refractivity contribution in [3.63, 3.8) is 0 Å². The molecule has 1 amide bonds. The molecule has 1 heterocycles. The van der Waals surface area contributed by atoms with E-state index in [1.165, 1.54) is 0 Å². The minimum atomic E-state index is -0.677. The maximum atomic E-state index is 11.8. The van der Waals surface area contributed by atoms with Gasteiger partial charge < -0.3 is 10.0 Å². The summed E-state index contributed by atoms with van der Waals surface area (Å²) in [5.74, 6) is 0.0120. The average Bonchev–Trinajstić information content (AvgIpc) is 2.24. The molecule has 17 heavy (non-hydrogen) atoms. The molecule has 5 heteroatoms. The molecule has 0 aromatic heterocycles. The third-order valence-corrected chi connectivity index (χ3v) is 3.10. The average molecular weight is 239 g/mol. The van der Waals surface area contributed by atoms with Gasteiger partial charge in [-0.25, -0.2) is 0 Å². The van der Waals surface area contributed by atoms with E-state index in [0.29, 0.717) is 26.1 Å². The van der Waals surface area contributed by atoms with Crippen LogP contribution in [0.15, 0.2) is 0 Å². The van der Waals surface area contributed by atoms with Crippen molar-refractivity contribution < 1.29 is 9.90 Å². The van der Waals surface area contributed by atoms with Crippen molar-refractivity contribution in [1.29, 1.82) is 5.26 Å². The molecule has 1 aliphatic rings. The number of aliphatic hydroxyl groups is 1. The Bertz CT molecular complexity index is 309. The highest BCUT2D eigenvalue weighted by atomic mass is 16.3. The number of carbonyl (C=O) groups is 1. The number of nitriles is 1. The topological polar surface area (TPSA) is 67.6 Å². The number of likely N-dealkylation sites (N-methyl/N-ethyl adjacent to an activating group) is 1. The molecular formula is C12H21N3O2. The molecule has 1 N–H and O–H groups in total. The Morgan fingerprint density at radius 1 is 1.65 bits per heavy atom. The largest absolute Gasteiger partial charge is 0.389 e. The number of piperidine rings is 1. The van der Waals surface area contributed by atoms with Crippen molar-refractivity contribution >= 4 is 5.91 Å². The first-order chi connectivity index (χ1) is 7.94. The van der Waals surface area contributed by atoms with Gasteiger partial charge in [-0.2, -0.15) is 5.26 Å². The molecular weight excluding hydrogens is 218 g/mol. The molecule has 1 fully saturated rings. The Morgan fingerprint density at radius 2 is 2.35 bits per heavy atom. The molecule has 0 aromatic carbocycles. The number of hydrogen-bond acceptors (Lipinski definition) is 4. The van der Waals surface area contributed by atoms with Gasteiger partial charge in [0.15, 0.2) is 0 Å². The van der Waals surface area contributed by atoms with Crippen LogP contribution in [0.2, 0.25) is 0 Å². The van der Waals surface area contributed by atoms with Crippen molar-refractivity contribution in [1.82, 2.24) is 9.80 Å². The normalized spacial score (nSPS) is 25.3. The van der Waals surface area contributed by atoms with E-state index in [1.807, 2.05) is 17.9 Å². The van der Waals surface area contributed by atoms with Gasteiger partial charge in [0.1, 0.15) is 0 Å². The lowest BCUT2D eigenvalue weighted by molar-refractivity contribution is -0.132. The summed E-state index contributed by atoms with van der Waals surface area (Å²) in [7, 11) is 1.71. The molecule has 0 bridgehead atoms. The van der Waals surface area contributed by atoms with E-state index in [9.17, 15) is 9.90 Å². The fourth-order valence-electron chi connectivity index (χ4n) is 2.11. The maximum absolute atomic E-state index is 11.8. The Morgan fingerprint density at radius 3 is 2.94 bits per heavy atom. The zero-order valence-corrected chi connectivity index (χ0v) is 10.6. The van der Waals surface area contributed by atoms with Crippen LogP contribution in [0, 0.1) is 11.3 Å². The first kappa shape index (κ1) is 13.9. The van der Waals surface area contributed by atoms with Crippen LogP contribution < -0.4 is 0 Å². The van der Waals surface area contributed by atoms with Crippen LogP contribution in [0.4, 0.5) is 0 Å². The first-order valence-corrected chi connectivity index (χ1v) is 6.00. The van der Waals surface area contributed by atoms with E-state index >= 15 is 0 Å². The number of likely N-dealkylation sites (tertiary alicyclic amines) is 1. The zero-order valence-electron chi connectivity index (χ0n) is 10.6. The molecule has 1 aliphatic heterocycles. The molecule has 96 valence electrons. The summed E-state index contributed by atoms with van der Waals surface area (Å²) in [6.07, 6.45) is 2.07. The van der Waals surface area contributed by atoms with Gasteiger partial charge in [0.05, 0.1) is 24.6 Å². The monoisotopic (exact) mass is 239 g/mol. The number of carbonyl (C=O) groups excluding carboxylic acids is 1. The second kappa shape index (κ2) is 5.99. The number of hydrogen-bond donors (Lipinski definition) is 1. The van der Waals surface area contributed by atoms with Crippen molar-refractivity contribution in [3.05, 3.63) is 0 Å². The Labute approximate surface area is 103 Å². The van der Waals surface area contributed by atoms with Gasteiger partial charge in [-0.15, -0.1) is 0 Å². The van der Waals surface area contributed by atoms with Crippen molar-refractivity contribution in [2.75, 3.05) is 33.2 Å².